The summed E-state index contributed by atoms with van der Waals surface area (Å²) >= 11 is 0. The van der Waals surface area contributed by atoms with Crippen LogP contribution >= 0.6 is 0 Å². The van der Waals surface area contributed by atoms with Gasteiger partial charge in [-0.1, -0.05) is 0 Å². The highest BCUT2D eigenvalue weighted by molar-refractivity contribution is 5.80. The maximum Gasteiger partial charge on any atom is 0.272 e. The third-order valence-electron chi connectivity index (χ3n) is 3.65. The summed E-state index contributed by atoms with van der Waals surface area (Å²) in [7, 11) is 1.36. The van der Waals surface area contributed by atoms with E-state index in [2.05, 4.69) is 4.98 Å². The molecule has 1 aromatic carbocycles. The summed E-state index contributed by atoms with van der Waals surface area (Å²) in [5.74, 6) is 0.229. The van der Waals surface area contributed by atoms with E-state index < -0.39 is 16.9 Å². The maximum absolute atomic E-state index is 11.4. The first kappa shape index (κ1) is 17.4. The van der Waals surface area contributed by atoms with Gasteiger partial charge in [-0.3, -0.25) is 19.9 Å². The number of methoxy groups -OCH3 is 1. The van der Waals surface area contributed by atoms with Crippen LogP contribution in [-0.2, 0) is 9.53 Å². The molecule has 1 atom stereocenters. The molecule has 8 nitrogen and oxygen atoms in total. The summed E-state index contributed by atoms with van der Waals surface area (Å²) in [5.41, 5.74) is 6.79. The molecule has 0 aliphatic rings. The first-order chi connectivity index (χ1) is 11.3. The van der Waals surface area contributed by atoms with E-state index >= 15 is 0 Å². The van der Waals surface area contributed by atoms with Crippen LogP contribution in [0.5, 0.6) is 11.5 Å². The van der Waals surface area contributed by atoms with Gasteiger partial charge in [0.2, 0.25) is 0 Å². The molecule has 0 saturated carbocycles. The number of nitro benzene ring substituents is 1. The van der Waals surface area contributed by atoms with Crippen LogP contribution in [0.25, 0.3) is 0 Å². The van der Waals surface area contributed by atoms with E-state index in [1.54, 1.807) is 19.9 Å². The molecule has 1 amide bonds. The number of nitro groups is 1. The molecule has 0 bridgehead atoms. The van der Waals surface area contributed by atoms with Gasteiger partial charge in [0.15, 0.2) is 6.10 Å². The number of ether oxygens (including phenoxy) is 2. The molecule has 126 valence electrons. The predicted molar refractivity (Wildman–Crippen MR) is 85.8 cm³/mol. The highest BCUT2D eigenvalue weighted by Crippen LogP contribution is 2.32. The van der Waals surface area contributed by atoms with Gasteiger partial charge in [-0.05, 0) is 26.0 Å². The van der Waals surface area contributed by atoms with E-state index in [1.807, 2.05) is 0 Å². The molecule has 0 radical (unpaired) electrons. The highest BCUT2D eigenvalue weighted by Gasteiger charge is 2.20. The number of nitrogens with zero attached hydrogens (tertiary/aromatic N) is 2. The summed E-state index contributed by atoms with van der Waals surface area (Å²) in [6.45, 7) is 3.40. The molecule has 0 fully saturated rings. The minimum atomic E-state index is -0.978. The SMILES string of the molecule is COC(C(N)=O)c1cc(Oc2ccc([N+](=O)[O-])c(C)c2C)ccn1. The second kappa shape index (κ2) is 7.05. The van der Waals surface area contributed by atoms with Crippen molar-refractivity contribution in [2.45, 2.75) is 20.0 Å². The van der Waals surface area contributed by atoms with E-state index in [9.17, 15) is 14.9 Å². The second-order valence-corrected chi connectivity index (χ2v) is 5.13. The summed E-state index contributed by atoms with van der Waals surface area (Å²) in [4.78, 5) is 25.9. The molecule has 24 heavy (non-hydrogen) atoms. The number of benzene rings is 1. The van der Waals surface area contributed by atoms with Gasteiger partial charge in [-0.2, -0.15) is 0 Å². The molecule has 0 aliphatic carbocycles. The van der Waals surface area contributed by atoms with Crippen molar-refractivity contribution in [3.63, 3.8) is 0 Å². The fourth-order valence-electron chi connectivity index (χ4n) is 2.23. The lowest BCUT2D eigenvalue weighted by Crippen LogP contribution is -2.23. The number of pyridine rings is 1. The monoisotopic (exact) mass is 331 g/mol. The van der Waals surface area contributed by atoms with Crippen LogP contribution in [0.3, 0.4) is 0 Å². The number of aromatic nitrogens is 1. The molecular weight excluding hydrogens is 314 g/mol. The summed E-state index contributed by atoms with van der Waals surface area (Å²) in [5, 5.41) is 11.0. The van der Waals surface area contributed by atoms with E-state index in [0.717, 1.165) is 0 Å². The van der Waals surface area contributed by atoms with Gasteiger partial charge >= 0.3 is 0 Å². The summed E-state index contributed by atoms with van der Waals surface area (Å²) in [6, 6.07) is 6.06. The molecular formula is C16H17N3O5. The minimum Gasteiger partial charge on any atom is -0.457 e. The third-order valence-corrected chi connectivity index (χ3v) is 3.65. The molecule has 2 N–H and O–H groups in total. The van der Waals surface area contributed by atoms with Crippen molar-refractivity contribution in [2.24, 2.45) is 5.73 Å². The van der Waals surface area contributed by atoms with Gasteiger partial charge in [0.05, 0.1) is 10.6 Å². The molecule has 8 heteroatoms. The average Bonchev–Trinajstić information content (AvgIpc) is 2.52. The minimum absolute atomic E-state index is 0.0310. The number of hydrogen-bond acceptors (Lipinski definition) is 6. The van der Waals surface area contributed by atoms with E-state index in [-0.39, 0.29) is 5.69 Å². The number of rotatable bonds is 6. The Bertz CT molecular complexity index is 791. The van der Waals surface area contributed by atoms with Crippen molar-refractivity contribution in [3.05, 3.63) is 57.4 Å². The Morgan fingerprint density at radius 1 is 1.29 bits per heavy atom. The quantitative estimate of drug-likeness (QED) is 0.642. The number of carbonyl (C=O) groups excluding carboxylic acids is 1. The van der Waals surface area contributed by atoms with E-state index in [4.69, 9.17) is 15.2 Å². The summed E-state index contributed by atoms with van der Waals surface area (Å²) in [6.07, 6.45) is 0.487. The number of amides is 1. The molecule has 1 heterocycles. The molecule has 1 aromatic heterocycles. The second-order valence-electron chi connectivity index (χ2n) is 5.13. The zero-order chi connectivity index (χ0) is 17.9. The zero-order valence-corrected chi connectivity index (χ0v) is 13.5. The van der Waals surface area contributed by atoms with Crippen LogP contribution in [0.1, 0.15) is 22.9 Å². The highest BCUT2D eigenvalue weighted by atomic mass is 16.6. The Morgan fingerprint density at radius 2 is 2.00 bits per heavy atom. The van der Waals surface area contributed by atoms with Crippen LogP contribution < -0.4 is 10.5 Å². The molecule has 0 saturated heterocycles. The van der Waals surface area contributed by atoms with Gasteiger partial charge in [0.1, 0.15) is 11.5 Å². The largest absolute Gasteiger partial charge is 0.457 e. The molecule has 1 unspecified atom stereocenters. The molecule has 2 rings (SSSR count). The average molecular weight is 331 g/mol. The van der Waals surface area contributed by atoms with Gasteiger partial charge < -0.3 is 15.2 Å². The van der Waals surface area contributed by atoms with Crippen molar-refractivity contribution in [3.8, 4) is 11.5 Å². The fraction of sp³-hybridized carbons (Fsp3) is 0.250. The lowest BCUT2D eigenvalue weighted by atomic mass is 10.1. The fourth-order valence-corrected chi connectivity index (χ4v) is 2.23. The smallest absolute Gasteiger partial charge is 0.272 e. The van der Waals surface area contributed by atoms with Gasteiger partial charge in [-0.15, -0.1) is 0 Å². The van der Waals surface area contributed by atoms with E-state index in [1.165, 1.54) is 31.5 Å². The number of carbonyl (C=O) groups is 1. The van der Waals surface area contributed by atoms with Crippen LogP contribution in [-0.4, -0.2) is 22.9 Å². The van der Waals surface area contributed by atoms with E-state index in [0.29, 0.717) is 28.3 Å². The van der Waals surface area contributed by atoms with Crippen LogP contribution in [0.4, 0.5) is 5.69 Å². The van der Waals surface area contributed by atoms with Gasteiger partial charge in [0.25, 0.3) is 11.6 Å². The van der Waals surface area contributed by atoms with Crippen LogP contribution in [0.15, 0.2) is 30.5 Å². The van der Waals surface area contributed by atoms with Gasteiger partial charge in [-0.25, -0.2) is 0 Å². The molecule has 2 aromatic rings. The Labute approximate surface area is 138 Å². The first-order valence-corrected chi connectivity index (χ1v) is 7.05. The lowest BCUT2D eigenvalue weighted by molar-refractivity contribution is -0.385. The third kappa shape index (κ3) is 3.49. The Kier molecular flexibility index (Phi) is 5.10. The van der Waals surface area contributed by atoms with Gasteiger partial charge in [0, 0.05) is 36.6 Å². The first-order valence-electron chi connectivity index (χ1n) is 7.05. The molecule has 0 aliphatic heterocycles. The summed E-state index contributed by atoms with van der Waals surface area (Å²) < 4.78 is 10.8. The normalized spacial score (nSPS) is 11.8. The Balaban J connectivity index is 2.34. The van der Waals surface area contributed by atoms with Crippen molar-refractivity contribution in [1.82, 2.24) is 4.98 Å². The topological polar surface area (TPSA) is 118 Å². The zero-order valence-electron chi connectivity index (χ0n) is 13.5. The predicted octanol–water partition coefficient (Wildman–Crippen LogP) is 2.57. The number of hydrogen-bond donors (Lipinski definition) is 1. The Morgan fingerprint density at radius 3 is 2.58 bits per heavy atom. The molecule has 0 spiro atoms. The Hall–Kier alpha value is -3.00. The van der Waals surface area contributed by atoms with Crippen molar-refractivity contribution < 1.29 is 19.2 Å². The van der Waals surface area contributed by atoms with Crippen LogP contribution in [0, 0.1) is 24.0 Å². The number of primary amides is 1. The van der Waals surface area contributed by atoms with Crippen molar-refractivity contribution in [1.29, 1.82) is 0 Å². The van der Waals surface area contributed by atoms with Crippen molar-refractivity contribution in [2.75, 3.05) is 7.11 Å². The standard InChI is InChI=1S/C16H17N3O5/c1-9-10(2)14(5-4-13(9)19(21)22)24-11-6-7-18-12(8-11)15(23-3)16(17)20/h4-8,15H,1-3H3,(H2,17,20). The maximum atomic E-state index is 11.4. The lowest BCUT2D eigenvalue weighted by Gasteiger charge is -2.14. The van der Waals surface area contributed by atoms with Crippen molar-refractivity contribution >= 4 is 11.6 Å². The number of nitrogens with two attached hydrogens (primary N) is 1. The van der Waals surface area contributed by atoms with Crippen LogP contribution in [0.2, 0.25) is 0 Å².